The molecule has 82 valence electrons. The molecule has 2 aromatic rings. The van der Waals surface area contributed by atoms with Crippen molar-refractivity contribution in [3.05, 3.63) is 53.1 Å². The van der Waals surface area contributed by atoms with Crippen molar-refractivity contribution in [2.45, 2.75) is 5.33 Å². The number of aromatic nitrogens is 1. The van der Waals surface area contributed by atoms with Gasteiger partial charge >= 0.3 is 0 Å². The average molecular weight is 301 g/mol. The topological polar surface area (TPSA) is 12.9 Å². The van der Waals surface area contributed by atoms with E-state index in [0.717, 1.165) is 11.1 Å². The van der Waals surface area contributed by atoms with E-state index in [2.05, 4.69) is 20.9 Å². The van der Waals surface area contributed by atoms with Crippen LogP contribution in [0.15, 0.2) is 36.7 Å². The number of halogens is 3. The highest BCUT2D eigenvalue weighted by molar-refractivity contribution is 9.08. The summed E-state index contributed by atoms with van der Waals surface area (Å²) in [4.78, 5) is 3.99. The quantitative estimate of drug-likeness (QED) is 0.747. The van der Waals surface area contributed by atoms with Gasteiger partial charge in [0, 0.05) is 28.9 Å². The maximum atomic E-state index is 13.6. The number of alkyl halides is 1. The van der Waals surface area contributed by atoms with Crippen LogP contribution in [0.4, 0.5) is 4.39 Å². The van der Waals surface area contributed by atoms with Gasteiger partial charge in [-0.3, -0.25) is 4.98 Å². The number of nitrogens with zero attached hydrogens (tertiary/aromatic N) is 1. The van der Waals surface area contributed by atoms with Crippen LogP contribution >= 0.6 is 27.5 Å². The highest BCUT2D eigenvalue weighted by Crippen LogP contribution is 2.31. The van der Waals surface area contributed by atoms with Crippen molar-refractivity contribution >= 4 is 27.5 Å². The minimum atomic E-state index is -0.270. The third kappa shape index (κ3) is 2.11. The third-order valence-corrected chi connectivity index (χ3v) is 3.19. The van der Waals surface area contributed by atoms with Crippen molar-refractivity contribution in [3.8, 4) is 11.1 Å². The molecule has 1 aromatic heterocycles. The fraction of sp³-hybridized carbons (Fsp3) is 0.0833. The molecular formula is C12H8BrClFN. The lowest BCUT2D eigenvalue weighted by Gasteiger charge is -2.09. The first-order valence-corrected chi connectivity index (χ1v) is 6.17. The molecule has 0 saturated heterocycles. The first kappa shape index (κ1) is 11.6. The van der Waals surface area contributed by atoms with E-state index in [1.165, 1.54) is 6.07 Å². The molecule has 0 atom stereocenters. The maximum absolute atomic E-state index is 13.6. The lowest BCUT2D eigenvalue weighted by atomic mass is 10.0. The van der Waals surface area contributed by atoms with Crippen LogP contribution < -0.4 is 0 Å². The number of benzene rings is 1. The summed E-state index contributed by atoms with van der Waals surface area (Å²) in [6, 6.07) is 6.59. The largest absolute Gasteiger partial charge is 0.263 e. The number of rotatable bonds is 2. The molecule has 0 N–H and O–H groups in total. The second kappa shape index (κ2) is 4.93. The Labute approximate surface area is 106 Å². The van der Waals surface area contributed by atoms with Gasteiger partial charge in [0.05, 0.1) is 5.02 Å². The summed E-state index contributed by atoms with van der Waals surface area (Å²) >= 11 is 9.36. The molecule has 0 bridgehead atoms. The van der Waals surface area contributed by atoms with Crippen LogP contribution in [0, 0.1) is 5.82 Å². The van der Waals surface area contributed by atoms with Crippen LogP contribution in [0.3, 0.4) is 0 Å². The van der Waals surface area contributed by atoms with Gasteiger partial charge < -0.3 is 0 Å². The van der Waals surface area contributed by atoms with Crippen LogP contribution in [0.5, 0.6) is 0 Å². The molecular weight excluding hydrogens is 292 g/mol. The summed E-state index contributed by atoms with van der Waals surface area (Å²) < 4.78 is 13.6. The van der Waals surface area contributed by atoms with Crippen LogP contribution in [-0.4, -0.2) is 4.98 Å². The molecule has 0 aliphatic heterocycles. The second-order valence-electron chi connectivity index (χ2n) is 3.26. The molecule has 0 fully saturated rings. The van der Waals surface area contributed by atoms with Crippen LogP contribution in [0.25, 0.3) is 11.1 Å². The molecule has 1 nitrogen and oxygen atoms in total. The second-order valence-corrected chi connectivity index (χ2v) is 4.23. The predicted molar refractivity (Wildman–Crippen MR) is 67.3 cm³/mol. The lowest BCUT2D eigenvalue weighted by Crippen LogP contribution is -1.92. The van der Waals surface area contributed by atoms with E-state index in [1.54, 1.807) is 30.6 Å². The van der Waals surface area contributed by atoms with E-state index >= 15 is 0 Å². The molecule has 1 heterocycles. The smallest absolute Gasteiger partial charge is 0.131 e. The minimum absolute atomic E-state index is 0.270. The lowest BCUT2D eigenvalue weighted by molar-refractivity contribution is 0.631. The molecule has 2 rings (SSSR count). The van der Waals surface area contributed by atoms with Crippen molar-refractivity contribution in [2.75, 3.05) is 0 Å². The Morgan fingerprint density at radius 3 is 2.62 bits per heavy atom. The standard InChI is InChI=1S/C12H8BrClFN/c13-5-9-10(6-16-7-11(9)14)8-3-1-2-4-12(8)15/h1-4,6-7H,5H2. The summed E-state index contributed by atoms with van der Waals surface area (Å²) in [6.07, 6.45) is 3.18. The number of hydrogen-bond acceptors (Lipinski definition) is 1. The van der Waals surface area contributed by atoms with Crippen LogP contribution in [-0.2, 0) is 5.33 Å². The fourth-order valence-corrected chi connectivity index (χ4v) is 2.50. The first-order valence-electron chi connectivity index (χ1n) is 4.67. The van der Waals surface area contributed by atoms with Gasteiger partial charge in [0.2, 0.25) is 0 Å². The molecule has 0 aliphatic carbocycles. The zero-order valence-electron chi connectivity index (χ0n) is 8.25. The Kier molecular flexibility index (Phi) is 3.56. The highest BCUT2D eigenvalue weighted by atomic mass is 79.9. The van der Waals surface area contributed by atoms with Gasteiger partial charge in [-0.05, 0) is 11.6 Å². The van der Waals surface area contributed by atoms with Crippen molar-refractivity contribution in [1.29, 1.82) is 0 Å². The molecule has 0 unspecified atom stereocenters. The van der Waals surface area contributed by atoms with Gasteiger partial charge in [-0.2, -0.15) is 0 Å². The predicted octanol–water partition coefficient (Wildman–Crippen LogP) is 4.44. The van der Waals surface area contributed by atoms with Crippen molar-refractivity contribution < 1.29 is 4.39 Å². The van der Waals surface area contributed by atoms with Gasteiger partial charge in [-0.1, -0.05) is 45.7 Å². The minimum Gasteiger partial charge on any atom is -0.263 e. The summed E-state index contributed by atoms with van der Waals surface area (Å²) in [5, 5.41) is 1.11. The molecule has 0 saturated carbocycles. The molecule has 0 radical (unpaired) electrons. The van der Waals surface area contributed by atoms with Crippen molar-refractivity contribution in [1.82, 2.24) is 4.98 Å². The van der Waals surface area contributed by atoms with Gasteiger partial charge in [0.1, 0.15) is 5.82 Å². The fourth-order valence-electron chi connectivity index (χ4n) is 1.51. The molecule has 4 heteroatoms. The van der Waals surface area contributed by atoms with E-state index < -0.39 is 0 Å². The van der Waals surface area contributed by atoms with Gasteiger partial charge in [-0.15, -0.1) is 0 Å². The van der Waals surface area contributed by atoms with Crippen molar-refractivity contribution in [2.24, 2.45) is 0 Å². The molecule has 16 heavy (non-hydrogen) atoms. The van der Waals surface area contributed by atoms with E-state index in [-0.39, 0.29) is 5.82 Å². The normalized spacial score (nSPS) is 10.4. The summed E-state index contributed by atoms with van der Waals surface area (Å²) in [7, 11) is 0. The first-order chi connectivity index (χ1) is 7.74. The van der Waals surface area contributed by atoms with E-state index in [0.29, 0.717) is 15.9 Å². The monoisotopic (exact) mass is 299 g/mol. The Balaban J connectivity index is 2.65. The zero-order chi connectivity index (χ0) is 11.5. The third-order valence-electron chi connectivity index (χ3n) is 2.30. The highest BCUT2D eigenvalue weighted by Gasteiger charge is 2.11. The summed E-state index contributed by atoms with van der Waals surface area (Å²) in [5.74, 6) is -0.270. The van der Waals surface area contributed by atoms with Crippen LogP contribution in [0.1, 0.15) is 5.56 Å². The van der Waals surface area contributed by atoms with Crippen molar-refractivity contribution in [3.63, 3.8) is 0 Å². The Morgan fingerprint density at radius 2 is 1.94 bits per heavy atom. The average Bonchev–Trinajstić information content (AvgIpc) is 2.29. The maximum Gasteiger partial charge on any atom is 0.131 e. The Morgan fingerprint density at radius 1 is 1.19 bits per heavy atom. The van der Waals surface area contributed by atoms with Gasteiger partial charge in [-0.25, -0.2) is 4.39 Å². The summed E-state index contributed by atoms with van der Waals surface area (Å²) in [6.45, 7) is 0. The molecule has 1 aromatic carbocycles. The Hall–Kier alpha value is -0.930. The molecule has 0 spiro atoms. The molecule has 0 aliphatic rings. The number of pyridine rings is 1. The van der Waals surface area contributed by atoms with Crippen LogP contribution in [0.2, 0.25) is 5.02 Å². The summed E-state index contributed by atoms with van der Waals surface area (Å²) in [5.41, 5.74) is 2.09. The van der Waals surface area contributed by atoms with E-state index in [1.807, 2.05) is 0 Å². The van der Waals surface area contributed by atoms with E-state index in [4.69, 9.17) is 11.6 Å². The Bertz CT molecular complexity index is 516. The van der Waals surface area contributed by atoms with Gasteiger partial charge in [0.15, 0.2) is 0 Å². The number of hydrogen-bond donors (Lipinski definition) is 0. The zero-order valence-corrected chi connectivity index (χ0v) is 10.6. The SMILES string of the molecule is Fc1ccccc1-c1cncc(Cl)c1CBr. The van der Waals surface area contributed by atoms with E-state index in [9.17, 15) is 4.39 Å². The van der Waals surface area contributed by atoms with Gasteiger partial charge in [0.25, 0.3) is 0 Å². The molecule has 0 amide bonds.